The lowest BCUT2D eigenvalue weighted by atomic mass is 10.1. The fourth-order valence-corrected chi connectivity index (χ4v) is 2.95. The fourth-order valence-electron chi connectivity index (χ4n) is 2.69. The molecule has 0 radical (unpaired) electrons. The zero-order chi connectivity index (χ0) is 21.9. The first-order chi connectivity index (χ1) is 14.1. The van der Waals surface area contributed by atoms with Crippen molar-refractivity contribution in [2.24, 2.45) is 0 Å². The molecule has 3 nitrogen and oxygen atoms in total. The molecule has 0 fully saturated rings. The number of aryl methyl sites for hydroxylation is 1. The number of Topliss-reactive ketones (excluding diaryl/α,β-unsaturated/α-hetero) is 1. The lowest BCUT2D eigenvalue weighted by molar-refractivity contribution is -0.578. The molecule has 1 aromatic heterocycles. The SMILES string of the molecule is Cc1cc[n+](C(C(=O)c2ccc(Br)cc2)=C(Nc2ccc(F)cc2)C(F)(F)F)cc1. The Morgan fingerprint density at radius 3 is 2.03 bits per heavy atom. The van der Waals surface area contributed by atoms with Gasteiger partial charge in [0.1, 0.15) is 5.82 Å². The van der Waals surface area contributed by atoms with Gasteiger partial charge in [0.05, 0.1) is 0 Å². The predicted molar refractivity (Wildman–Crippen MR) is 109 cm³/mol. The third kappa shape index (κ3) is 5.13. The van der Waals surface area contributed by atoms with Crippen molar-refractivity contribution in [3.63, 3.8) is 0 Å². The summed E-state index contributed by atoms with van der Waals surface area (Å²) < 4.78 is 57.2. The van der Waals surface area contributed by atoms with Gasteiger partial charge in [0, 0.05) is 27.9 Å². The van der Waals surface area contributed by atoms with E-state index in [0.29, 0.717) is 4.47 Å². The molecule has 0 aliphatic carbocycles. The van der Waals surface area contributed by atoms with E-state index in [0.717, 1.165) is 22.3 Å². The topological polar surface area (TPSA) is 33.0 Å². The number of hydrogen-bond donors (Lipinski definition) is 1. The second-order valence-corrected chi connectivity index (χ2v) is 7.39. The number of carbonyl (C=O) groups is 1. The normalized spacial score (nSPS) is 12.3. The molecule has 3 aromatic rings. The molecule has 0 saturated carbocycles. The number of ketones is 1. The molecule has 0 bridgehead atoms. The van der Waals surface area contributed by atoms with Crippen molar-refractivity contribution in [2.75, 3.05) is 5.32 Å². The summed E-state index contributed by atoms with van der Waals surface area (Å²) in [5.74, 6) is -1.41. The first-order valence-corrected chi connectivity index (χ1v) is 9.57. The van der Waals surface area contributed by atoms with Gasteiger partial charge in [-0.1, -0.05) is 15.9 Å². The minimum Gasteiger partial charge on any atom is -0.346 e. The molecule has 2 aromatic carbocycles. The highest BCUT2D eigenvalue weighted by Gasteiger charge is 2.43. The first kappa shape index (κ1) is 21.7. The van der Waals surface area contributed by atoms with Crippen LogP contribution in [-0.2, 0) is 0 Å². The van der Waals surface area contributed by atoms with E-state index >= 15 is 0 Å². The molecule has 0 aliphatic heterocycles. The van der Waals surface area contributed by atoms with Crippen LogP contribution in [0.5, 0.6) is 0 Å². The minimum atomic E-state index is -4.88. The van der Waals surface area contributed by atoms with Crippen molar-refractivity contribution >= 4 is 33.1 Å². The zero-order valence-electron chi connectivity index (χ0n) is 15.7. The number of rotatable bonds is 5. The maximum absolute atomic E-state index is 14.1. The van der Waals surface area contributed by atoms with Crippen LogP contribution in [0.15, 0.2) is 83.2 Å². The number of pyridine rings is 1. The van der Waals surface area contributed by atoms with Crippen LogP contribution < -0.4 is 9.88 Å². The molecule has 0 unspecified atom stereocenters. The van der Waals surface area contributed by atoms with Gasteiger partial charge < -0.3 is 5.32 Å². The van der Waals surface area contributed by atoms with Crippen LogP contribution in [0.25, 0.3) is 5.70 Å². The van der Waals surface area contributed by atoms with Gasteiger partial charge in [0.2, 0.25) is 0 Å². The zero-order valence-corrected chi connectivity index (χ0v) is 17.3. The van der Waals surface area contributed by atoms with Gasteiger partial charge in [0.25, 0.3) is 11.5 Å². The number of carbonyl (C=O) groups excluding carboxylic acids is 1. The van der Waals surface area contributed by atoms with Gasteiger partial charge >= 0.3 is 6.18 Å². The smallest absolute Gasteiger partial charge is 0.346 e. The Morgan fingerprint density at radius 1 is 0.933 bits per heavy atom. The Labute approximate surface area is 178 Å². The summed E-state index contributed by atoms with van der Waals surface area (Å²) in [5.41, 5.74) is -0.951. The molecule has 0 saturated heterocycles. The first-order valence-electron chi connectivity index (χ1n) is 8.78. The lowest BCUT2D eigenvalue weighted by Gasteiger charge is -2.16. The highest BCUT2D eigenvalue weighted by atomic mass is 79.9. The summed E-state index contributed by atoms with van der Waals surface area (Å²) in [7, 11) is 0. The van der Waals surface area contributed by atoms with Gasteiger partial charge in [-0.05, 0) is 61.0 Å². The number of halogens is 5. The number of allylic oxidation sites excluding steroid dienone is 2. The lowest BCUT2D eigenvalue weighted by Crippen LogP contribution is -2.40. The maximum atomic E-state index is 14.1. The van der Waals surface area contributed by atoms with Crippen LogP contribution in [0, 0.1) is 12.7 Å². The molecule has 8 heteroatoms. The molecule has 0 amide bonds. The van der Waals surface area contributed by atoms with Crippen molar-refractivity contribution < 1.29 is 26.9 Å². The number of hydrogen-bond acceptors (Lipinski definition) is 2. The predicted octanol–water partition coefficient (Wildman–Crippen LogP) is 5.91. The molecular weight excluding hydrogens is 464 g/mol. The highest BCUT2D eigenvalue weighted by molar-refractivity contribution is 9.10. The second kappa shape index (κ2) is 8.79. The monoisotopic (exact) mass is 479 g/mol. The van der Waals surface area contributed by atoms with Gasteiger partial charge in [-0.3, -0.25) is 4.79 Å². The standard InChI is InChI=1S/C22H15BrF4N2O/c1-14-10-12-29(13-11-14)19(20(30)15-2-4-16(23)5-3-15)21(22(25,26)27)28-18-8-6-17(24)7-9-18/h2-13H,1H3/p+1. The summed E-state index contributed by atoms with van der Waals surface area (Å²) in [6, 6.07) is 13.6. The number of anilines is 1. The number of nitrogens with one attached hydrogen (secondary N) is 1. The van der Waals surface area contributed by atoms with Gasteiger partial charge in [-0.25, -0.2) is 4.39 Å². The molecule has 0 atom stereocenters. The van der Waals surface area contributed by atoms with Crippen molar-refractivity contribution in [2.45, 2.75) is 13.1 Å². The minimum absolute atomic E-state index is 0.00228. The molecule has 0 aliphatic rings. The summed E-state index contributed by atoms with van der Waals surface area (Å²) in [6.07, 6.45) is -2.11. The maximum Gasteiger partial charge on any atom is 0.438 e. The van der Waals surface area contributed by atoms with Gasteiger partial charge in [0.15, 0.2) is 18.1 Å². The molecule has 1 N–H and O–H groups in total. The molecule has 30 heavy (non-hydrogen) atoms. The van der Waals surface area contributed by atoms with Crippen molar-refractivity contribution in [1.29, 1.82) is 0 Å². The van der Waals surface area contributed by atoms with Crippen LogP contribution in [0.4, 0.5) is 23.2 Å². The molecule has 3 rings (SSSR count). The number of nitrogens with zero attached hydrogens (tertiary/aromatic N) is 1. The fraction of sp³-hybridized carbons (Fsp3) is 0.0909. The Kier molecular flexibility index (Phi) is 6.36. The highest BCUT2D eigenvalue weighted by Crippen LogP contribution is 2.31. The van der Waals surface area contributed by atoms with E-state index in [9.17, 15) is 22.4 Å². The quantitative estimate of drug-likeness (QED) is 0.213. The molecule has 0 spiro atoms. The van der Waals surface area contributed by atoms with Crippen LogP contribution in [0.2, 0.25) is 0 Å². The van der Waals surface area contributed by atoms with Gasteiger partial charge in [-0.2, -0.15) is 17.7 Å². The summed E-state index contributed by atoms with van der Waals surface area (Å²) in [4.78, 5) is 13.2. The summed E-state index contributed by atoms with van der Waals surface area (Å²) in [6.45, 7) is 1.78. The third-order valence-electron chi connectivity index (χ3n) is 4.21. The van der Waals surface area contributed by atoms with E-state index in [1.165, 1.54) is 36.7 Å². The Balaban J connectivity index is 2.22. The van der Waals surface area contributed by atoms with E-state index in [2.05, 4.69) is 21.2 Å². The average Bonchev–Trinajstić information content (AvgIpc) is 2.70. The summed E-state index contributed by atoms with van der Waals surface area (Å²) >= 11 is 3.24. The van der Waals surface area contributed by atoms with E-state index in [1.54, 1.807) is 31.2 Å². The Hall–Kier alpha value is -3.00. The van der Waals surface area contributed by atoms with Crippen molar-refractivity contribution in [3.05, 3.63) is 100 Å². The van der Waals surface area contributed by atoms with Crippen LogP contribution in [0.3, 0.4) is 0 Å². The van der Waals surface area contributed by atoms with E-state index in [-0.39, 0.29) is 11.3 Å². The average molecular weight is 480 g/mol. The second-order valence-electron chi connectivity index (χ2n) is 6.47. The number of benzene rings is 2. The van der Waals surface area contributed by atoms with Crippen LogP contribution in [0.1, 0.15) is 15.9 Å². The van der Waals surface area contributed by atoms with E-state index in [4.69, 9.17) is 0 Å². The Morgan fingerprint density at radius 2 is 1.50 bits per heavy atom. The van der Waals surface area contributed by atoms with Crippen molar-refractivity contribution in [3.8, 4) is 0 Å². The number of alkyl halides is 3. The Bertz CT molecular complexity index is 1070. The van der Waals surface area contributed by atoms with Crippen molar-refractivity contribution in [1.82, 2.24) is 0 Å². The summed E-state index contributed by atoms with van der Waals surface area (Å²) in [5, 5.41) is 2.26. The third-order valence-corrected chi connectivity index (χ3v) is 4.74. The van der Waals surface area contributed by atoms with Crippen LogP contribution >= 0.6 is 15.9 Å². The largest absolute Gasteiger partial charge is 0.438 e. The van der Waals surface area contributed by atoms with E-state index < -0.39 is 29.2 Å². The molecule has 1 heterocycles. The van der Waals surface area contributed by atoms with E-state index in [1.807, 2.05) is 0 Å². The van der Waals surface area contributed by atoms with Crippen LogP contribution in [-0.4, -0.2) is 12.0 Å². The number of aromatic nitrogens is 1. The molecule has 154 valence electrons. The molecular formula is C22H16BrF4N2O+. The van der Waals surface area contributed by atoms with Gasteiger partial charge in [-0.15, -0.1) is 0 Å².